The second-order valence-electron chi connectivity index (χ2n) is 7.04. The van der Waals surface area contributed by atoms with Gasteiger partial charge in [-0.2, -0.15) is 5.26 Å². The lowest BCUT2D eigenvalue weighted by molar-refractivity contribution is 0.0526. The summed E-state index contributed by atoms with van der Waals surface area (Å²) in [5.74, 6) is 0.0566. The molecule has 0 fully saturated rings. The Bertz CT molecular complexity index is 1220. The van der Waals surface area contributed by atoms with Crippen molar-refractivity contribution < 1.29 is 19.1 Å². The number of benzene rings is 2. The molecule has 0 atom stereocenters. The number of methoxy groups -OCH3 is 1. The highest BCUT2D eigenvalue weighted by Gasteiger charge is 2.33. The predicted octanol–water partition coefficient (Wildman–Crippen LogP) is 4.94. The lowest BCUT2D eigenvalue weighted by Gasteiger charge is -2.14. The van der Waals surface area contributed by atoms with Gasteiger partial charge in [-0.3, -0.25) is 9.69 Å². The fourth-order valence-electron chi connectivity index (χ4n) is 3.74. The number of thiophene rings is 1. The fourth-order valence-corrected chi connectivity index (χ4v) is 4.85. The molecule has 6 nitrogen and oxygen atoms in total. The molecule has 2 heterocycles. The normalized spacial score (nSPS) is 12.5. The van der Waals surface area contributed by atoms with E-state index in [1.807, 2.05) is 31.2 Å². The third kappa shape index (κ3) is 3.56. The van der Waals surface area contributed by atoms with Crippen LogP contribution >= 0.6 is 11.3 Å². The molecule has 0 N–H and O–H groups in total. The van der Waals surface area contributed by atoms with Crippen molar-refractivity contribution >= 4 is 28.2 Å². The zero-order valence-electron chi connectivity index (χ0n) is 17.4. The maximum Gasteiger partial charge on any atom is 0.338 e. The van der Waals surface area contributed by atoms with Gasteiger partial charge >= 0.3 is 5.97 Å². The Kier molecular flexibility index (Phi) is 5.49. The maximum atomic E-state index is 13.2. The van der Waals surface area contributed by atoms with Crippen LogP contribution in [0.3, 0.4) is 0 Å². The van der Waals surface area contributed by atoms with Crippen molar-refractivity contribution in [1.82, 2.24) is 0 Å². The van der Waals surface area contributed by atoms with Gasteiger partial charge < -0.3 is 9.47 Å². The van der Waals surface area contributed by atoms with Crippen LogP contribution in [-0.2, 0) is 11.3 Å². The molecule has 0 saturated carbocycles. The molecule has 2 aromatic carbocycles. The first-order chi connectivity index (χ1) is 15.0. The molecular weight excluding hydrogens is 412 g/mol. The molecule has 31 heavy (non-hydrogen) atoms. The molecule has 0 radical (unpaired) electrons. The van der Waals surface area contributed by atoms with Crippen LogP contribution in [0, 0.1) is 18.3 Å². The third-order valence-electron chi connectivity index (χ3n) is 5.23. The SMILES string of the molecule is CCOC(=O)c1ccc2c(c1)C(=O)N(c1sc(C)c(-c3ccc(OC)cc3)c1C#N)C2. The Morgan fingerprint density at radius 1 is 1.23 bits per heavy atom. The van der Waals surface area contributed by atoms with Crippen LogP contribution in [0.2, 0.25) is 0 Å². The number of anilines is 1. The highest BCUT2D eigenvalue weighted by Crippen LogP contribution is 2.44. The Hall–Kier alpha value is -3.63. The second-order valence-corrected chi connectivity index (χ2v) is 8.24. The number of ether oxygens (including phenoxy) is 2. The first-order valence-electron chi connectivity index (χ1n) is 9.78. The number of nitriles is 1. The molecule has 0 saturated heterocycles. The van der Waals surface area contributed by atoms with Crippen molar-refractivity contribution in [1.29, 1.82) is 5.26 Å². The first kappa shape index (κ1) is 20.6. The number of rotatable bonds is 5. The number of esters is 1. The van der Waals surface area contributed by atoms with Crippen LogP contribution in [0.4, 0.5) is 5.00 Å². The second kappa shape index (κ2) is 8.25. The molecule has 0 aliphatic carbocycles. The van der Waals surface area contributed by atoms with Crippen molar-refractivity contribution in [3.8, 4) is 22.9 Å². The molecule has 7 heteroatoms. The molecule has 0 bridgehead atoms. The van der Waals surface area contributed by atoms with Crippen LogP contribution in [-0.4, -0.2) is 25.6 Å². The molecule has 1 aliphatic heterocycles. The van der Waals surface area contributed by atoms with Crippen LogP contribution in [0.1, 0.15) is 43.6 Å². The van der Waals surface area contributed by atoms with Gasteiger partial charge in [0.1, 0.15) is 16.8 Å². The highest BCUT2D eigenvalue weighted by molar-refractivity contribution is 7.17. The molecule has 4 rings (SSSR count). The van der Waals surface area contributed by atoms with Crippen LogP contribution in [0.25, 0.3) is 11.1 Å². The summed E-state index contributed by atoms with van der Waals surface area (Å²) in [4.78, 5) is 27.8. The van der Waals surface area contributed by atoms with E-state index < -0.39 is 5.97 Å². The number of amides is 1. The molecule has 0 unspecified atom stereocenters. The summed E-state index contributed by atoms with van der Waals surface area (Å²) in [6, 6.07) is 14.8. The number of carbonyl (C=O) groups excluding carboxylic acids is 2. The zero-order chi connectivity index (χ0) is 22.1. The maximum absolute atomic E-state index is 13.2. The van der Waals surface area contributed by atoms with E-state index in [9.17, 15) is 14.9 Å². The van der Waals surface area contributed by atoms with E-state index in [-0.39, 0.29) is 12.5 Å². The fraction of sp³-hybridized carbons (Fsp3) is 0.208. The number of nitrogens with zero attached hydrogens (tertiary/aromatic N) is 2. The quantitative estimate of drug-likeness (QED) is 0.534. The number of hydrogen-bond donors (Lipinski definition) is 0. The summed E-state index contributed by atoms with van der Waals surface area (Å²) >= 11 is 1.42. The predicted molar refractivity (Wildman–Crippen MR) is 119 cm³/mol. The molecule has 3 aromatic rings. The molecule has 1 amide bonds. The van der Waals surface area contributed by atoms with Crippen molar-refractivity contribution in [2.45, 2.75) is 20.4 Å². The van der Waals surface area contributed by atoms with Crippen molar-refractivity contribution in [3.05, 3.63) is 69.6 Å². The minimum Gasteiger partial charge on any atom is -0.497 e. The number of carbonyl (C=O) groups is 2. The lowest BCUT2D eigenvalue weighted by atomic mass is 10.0. The Morgan fingerprint density at radius 2 is 1.97 bits per heavy atom. The van der Waals surface area contributed by atoms with E-state index in [1.165, 1.54) is 11.3 Å². The van der Waals surface area contributed by atoms with Crippen molar-refractivity contribution in [3.63, 3.8) is 0 Å². The van der Waals surface area contributed by atoms with E-state index in [2.05, 4.69) is 6.07 Å². The summed E-state index contributed by atoms with van der Waals surface area (Å²) in [7, 11) is 1.60. The van der Waals surface area contributed by atoms with Crippen molar-refractivity contribution in [2.24, 2.45) is 0 Å². The number of fused-ring (bicyclic) bond motifs is 1. The Balaban J connectivity index is 1.72. The first-order valence-corrected chi connectivity index (χ1v) is 10.6. The van der Waals surface area contributed by atoms with E-state index in [1.54, 1.807) is 37.1 Å². The van der Waals surface area contributed by atoms with Gasteiger partial charge in [-0.1, -0.05) is 18.2 Å². The lowest BCUT2D eigenvalue weighted by Crippen LogP contribution is -2.22. The molecule has 0 spiro atoms. The van der Waals surface area contributed by atoms with Gasteiger partial charge in [0, 0.05) is 16.0 Å². The molecule has 1 aromatic heterocycles. The third-order valence-corrected chi connectivity index (χ3v) is 6.35. The minimum atomic E-state index is -0.456. The van der Waals surface area contributed by atoms with Gasteiger partial charge in [0.15, 0.2) is 0 Å². The summed E-state index contributed by atoms with van der Waals surface area (Å²) in [5.41, 5.74) is 3.81. The summed E-state index contributed by atoms with van der Waals surface area (Å²) in [6.45, 7) is 4.31. The van der Waals surface area contributed by atoms with Gasteiger partial charge in [0.2, 0.25) is 0 Å². The molecular formula is C24H20N2O4S. The summed E-state index contributed by atoms with van der Waals surface area (Å²) in [6.07, 6.45) is 0. The minimum absolute atomic E-state index is 0.222. The largest absolute Gasteiger partial charge is 0.497 e. The van der Waals surface area contributed by atoms with Gasteiger partial charge in [-0.15, -0.1) is 11.3 Å². The summed E-state index contributed by atoms with van der Waals surface area (Å²) in [5, 5.41) is 10.6. The number of hydrogen-bond acceptors (Lipinski definition) is 6. The van der Waals surface area contributed by atoms with Crippen LogP contribution in [0.15, 0.2) is 42.5 Å². The van der Waals surface area contributed by atoms with Gasteiger partial charge in [-0.25, -0.2) is 4.79 Å². The average molecular weight is 433 g/mol. The zero-order valence-corrected chi connectivity index (χ0v) is 18.2. The van der Waals surface area contributed by atoms with Crippen molar-refractivity contribution in [2.75, 3.05) is 18.6 Å². The molecule has 1 aliphatic rings. The Labute approximate surface area is 184 Å². The van der Waals surface area contributed by atoms with E-state index >= 15 is 0 Å². The Morgan fingerprint density at radius 3 is 2.61 bits per heavy atom. The van der Waals surface area contributed by atoms with E-state index in [0.29, 0.717) is 28.2 Å². The smallest absolute Gasteiger partial charge is 0.338 e. The topological polar surface area (TPSA) is 79.6 Å². The van der Waals surface area contributed by atoms with Gasteiger partial charge in [0.25, 0.3) is 5.91 Å². The highest BCUT2D eigenvalue weighted by atomic mass is 32.1. The van der Waals surface area contributed by atoms with Gasteiger partial charge in [0.05, 0.1) is 31.4 Å². The number of aryl methyl sites for hydroxylation is 1. The van der Waals surface area contributed by atoms with Crippen LogP contribution in [0.5, 0.6) is 5.75 Å². The standard InChI is InChI=1S/C24H20N2O4S/c1-4-30-24(28)16-5-6-17-13-26(22(27)19(17)11-16)23-20(12-25)21(14(2)31-23)15-7-9-18(29-3)10-8-15/h5-11H,4,13H2,1-3H3. The van der Waals surface area contributed by atoms with E-state index in [0.717, 1.165) is 27.3 Å². The van der Waals surface area contributed by atoms with E-state index in [4.69, 9.17) is 9.47 Å². The van der Waals surface area contributed by atoms with Gasteiger partial charge in [-0.05, 0) is 49.2 Å². The van der Waals surface area contributed by atoms with Crippen LogP contribution < -0.4 is 9.64 Å². The average Bonchev–Trinajstić information content (AvgIpc) is 3.29. The monoisotopic (exact) mass is 432 g/mol. The molecule has 156 valence electrons. The summed E-state index contributed by atoms with van der Waals surface area (Å²) < 4.78 is 10.3.